The highest BCUT2D eigenvalue weighted by Gasteiger charge is 2.53. The van der Waals surface area contributed by atoms with Crippen LogP contribution in [0.2, 0.25) is 0 Å². The Morgan fingerprint density at radius 2 is 1.55 bits per heavy atom. The van der Waals surface area contributed by atoms with Crippen LogP contribution in [0.1, 0.15) is 115 Å². The Balaban J connectivity index is 1.66. The van der Waals surface area contributed by atoms with Gasteiger partial charge >= 0.3 is 17.9 Å². The van der Waals surface area contributed by atoms with E-state index < -0.39 is 152 Å². The Hall–Kier alpha value is -3.25. The molecule has 3 saturated heterocycles. The van der Waals surface area contributed by atoms with Crippen LogP contribution in [0.3, 0.4) is 0 Å². The summed E-state index contributed by atoms with van der Waals surface area (Å²) >= 11 is 0. The Morgan fingerprint density at radius 1 is 0.890 bits per heavy atom. The molecule has 73 heavy (non-hydrogen) atoms. The first-order valence-corrected chi connectivity index (χ1v) is 25.9. The Kier molecular flexibility index (Phi) is 24.1. The lowest BCUT2D eigenvalue weighted by molar-refractivity contribution is -0.342. The molecule has 20 nitrogen and oxygen atoms in total. The van der Waals surface area contributed by atoms with E-state index in [1.807, 2.05) is 26.8 Å². The Morgan fingerprint density at radius 3 is 2.12 bits per heavy atom. The number of carbonyl (C=O) groups excluding carboxylic acids is 5. The van der Waals surface area contributed by atoms with Crippen LogP contribution in [0, 0.1) is 29.6 Å². The summed E-state index contributed by atoms with van der Waals surface area (Å²) in [5, 5.41) is 34.6. The molecule has 3 fully saturated rings. The highest BCUT2D eigenvalue weighted by Crippen LogP contribution is 2.39. The standard InChI is InChI=1S/C53H87NO19/c1-16-38-36(26-65-52-49(64-15)48(63-14)44(60)31(7)67-52)22-28(4)17-18-37(57)29(5)23-35(19-20-55)46(30(6)39(69-34(10)56)24-41(59)70-38)73-51-45(61)43(54(12)13)47(32(8)68-51)72-42-25-53(11,62)50(33(9)66-42)71-40(58)21-27(2)3/h17-18,20,22,27,29-33,35-36,38-39,42-52,60-62H,16,19,21,23-26H2,1-15H3/b18-17+,28-22+/t29-,30+,31-,32-,33+,35?,36-,38-,39?,42+,43-,44-,45-,46-,47-,48-,49-,50+,51+,52-,53-/m1/s1. The first-order valence-electron chi connectivity index (χ1n) is 25.9. The van der Waals surface area contributed by atoms with Gasteiger partial charge in [0, 0.05) is 58.2 Å². The molecule has 0 aromatic carbocycles. The van der Waals surface area contributed by atoms with Crippen molar-refractivity contribution in [2.24, 2.45) is 29.6 Å². The van der Waals surface area contributed by atoms with Gasteiger partial charge in [0.2, 0.25) is 0 Å². The molecule has 3 N–H and O–H groups in total. The van der Waals surface area contributed by atoms with Gasteiger partial charge in [-0.25, -0.2) is 0 Å². The number of aliphatic hydroxyl groups excluding tert-OH is 2. The molecule has 4 heterocycles. The van der Waals surface area contributed by atoms with E-state index in [1.165, 1.54) is 27.2 Å². The van der Waals surface area contributed by atoms with Gasteiger partial charge in [0.1, 0.15) is 54.6 Å². The molecule has 4 rings (SSSR count). The molecule has 0 amide bonds. The first kappa shape index (κ1) is 62.3. The summed E-state index contributed by atoms with van der Waals surface area (Å²) in [6, 6.07) is -0.809. The number of methoxy groups -OCH3 is 2. The van der Waals surface area contributed by atoms with Crippen molar-refractivity contribution in [2.45, 2.75) is 218 Å². The SMILES string of the molecule is CC[C@H]1OC(=O)CC(OC(C)=O)[C@H](C)[C@@H](O[C@@H]2O[C@H](C)[C@@H](O[C@H]3C[C@@](C)(O)[C@@H](OC(=O)CC(C)C)[C@H](C)O3)[C@H](N(C)C)[C@H]2O)C(CC=O)C[C@@H](C)C(=O)/C=C/C(C)=C/[C@@H]1CO[C@@H]1O[C@H](C)[C@@H](O)[C@@H](OC)[C@H]1OC. The summed E-state index contributed by atoms with van der Waals surface area (Å²) < 4.78 is 67.2. The lowest BCUT2D eigenvalue weighted by Crippen LogP contribution is -2.65. The third-order valence-electron chi connectivity index (χ3n) is 14.5. The fourth-order valence-electron chi connectivity index (χ4n) is 10.6. The van der Waals surface area contributed by atoms with Crippen molar-refractivity contribution in [3.05, 3.63) is 23.8 Å². The van der Waals surface area contributed by atoms with E-state index in [4.69, 9.17) is 52.1 Å². The van der Waals surface area contributed by atoms with Gasteiger partial charge < -0.3 is 77.1 Å². The number of allylic oxidation sites excluding steroid dienone is 3. The van der Waals surface area contributed by atoms with Crippen LogP contribution in [-0.2, 0) is 76.1 Å². The van der Waals surface area contributed by atoms with E-state index in [0.717, 1.165) is 0 Å². The normalized spacial score (nSPS) is 41.6. The number of esters is 3. The van der Waals surface area contributed by atoms with Crippen molar-refractivity contribution in [2.75, 3.05) is 34.9 Å². The number of likely N-dealkylation sites (N-methyl/N-ethyl adjacent to an activating group) is 1. The third kappa shape index (κ3) is 16.9. The van der Waals surface area contributed by atoms with Gasteiger partial charge in [0.25, 0.3) is 0 Å². The van der Waals surface area contributed by atoms with Crippen molar-refractivity contribution in [3.8, 4) is 0 Å². The molecule has 20 heteroatoms. The third-order valence-corrected chi connectivity index (χ3v) is 14.5. The molecule has 21 atom stereocenters. The molecule has 418 valence electrons. The fourth-order valence-corrected chi connectivity index (χ4v) is 10.6. The molecule has 0 radical (unpaired) electrons. The zero-order valence-electron chi connectivity index (χ0n) is 45.7. The predicted octanol–water partition coefficient (Wildman–Crippen LogP) is 4.00. The number of aliphatic hydroxyl groups is 3. The number of nitrogens with zero attached hydrogens (tertiary/aromatic N) is 1. The molecule has 0 aliphatic carbocycles. The number of cyclic esters (lactones) is 1. The number of aldehydes is 1. The molecule has 0 aromatic rings. The number of ketones is 1. The van der Waals surface area contributed by atoms with Crippen LogP contribution in [0.5, 0.6) is 0 Å². The maximum atomic E-state index is 14.2. The minimum absolute atomic E-state index is 0.0378. The van der Waals surface area contributed by atoms with Crippen LogP contribution >= 0.6 is 0 Å². The van der Waals surface area contributed by atoms with Gasteiger partial charge in [-0.3, -0.25) is 19.2 Å². The fraction of sp³-hybridized carbons (Fsp3) is 0.830. The lowest BCUT2D eigenvalue weighted by Gasteiger charge is -2.50. The quantitative estimate of drug-likeness (QED) is 0.106. The van der Waals surface area contributed by atoms with E-state index in [9.17, 15) is 39.3 Å². The number of ether oxygens (including phenoxy) is 11. The van der Waals surface area contributed by atoms with E-state index in [1.54, 1.807) is 73.5 Å². The second kappa shape index (κ2) is 28.2. The average molecular weight is 1040 g/mol. The molecular weight excluding hydrogens is 955 g/mol. The molecule has 4 aliphatic rings. The zero-order valence-corrected chi connectivity index (χ0v) is 45.7. The summed E-state index contributed by atoms with van der Waals surface area (Å²) in [7, 11) is 6.41. The van der Waals surface area contributed by atoms with Crippen molar-refractivity contribution < 1.29 is 91.4 Å². The largest absolute Gasteiger partial charge is 0.462 e. The minimum Gasteiger partial charge on any atom is -0.462 e. The Labute approximate surface area is 432 Å². The van der Waals surface area contributed by atoms with Gasteiger partial charge in [-0.05, 0) is 79.5 Å². The van der Waals surface area contributed by atoms with E-state index in [-0.39, 0.29) is 44.0 Å². The van der Waals surface area contributed by atoms with E-state index in [0.29, 0.717) is 18.3 Å². The maximum Gasteiger partial charge on any atom is 0.309 e. The van der Waals surface area contributed by atoms with Crippen molar-refractivity contribution in [1.29, 1.82) is 0 Å². The molecular formula is C53H87NO19. The molecule has 0 spiro atoms. The topological polar surface area (TPSA) is 251 Å². The lowest BCUT2D eigenvalue weighted by atomic mass is 9.79. The van der Waals surface area contributed by atoms with Crippen molar-refractivity contribution >= 4 is 30.0 Å². The average Bonchev–Trinajstić information content (AvgIpc) is 3.29. The van der Waals surface area contributed by atoms with Gasteiger partial charge in [0.15, 0.2) is 30.8 Å². The highest BCUT2D eigenvalue weighted by molar-refractivity contribution is 5.91. The van der Waals surface area contributed by atoms with Crippen molar-refractivity contribution in [3.63, 3.8) is 0 Å². The van der Waals surface area contributed by atoms with Crippen LogP contribution in [-0.4, -0.2) is 189 Å². The first-order chi connectivity index (χ1) is 34.3. The van der Waals surface area contributed by atoms with Crippen LogP contribution in [0.15, 0.2) is 23.8 Å². The van der Waals surface area contributed by atoms with Crippen LogP contribution < -0.4 is 0 Å². The summed E-state index contributed by atoms with van der Waals surface area (Å²) in [5.41, 5.74) is -0.865. The van der Waals surface area contributed by atoms with Crippen LogP contribution in [0.4, 0.5) is 0 Å². The second-order valence-electron chi connectivity index (χ2n) is 21.4. The minimum atomic E-state index is -1.53. The highest BCUT2D eigenvalue weighted by atomic mass is 16.7. The summed E-state index contributed by atoms with van der Waals surface area (Å²) in [6.45, 7) is 18.7. The molecule has 2 unspecified atom stereocenters. The van der Waals surface area contributed by atoms with Gasteiger partial charge in [-0.2, -0.15) is 0 Å². The van der Waals surface area contributed by atoms with E-state index >= 15 is 0 Å². The van der Waals surface area contributed by atoms with Gasteiger partial charge in [-0.15, -0.1) is 0 Å². The smallest absolute Gasteiger partial charge is 0.309 e. The van der Waals surface area contributed by atoms with Gasteiger partial charge in [-0.1, -0.05) is 52.3 Å². The predicted molar refractivity (Wildman–Crippen MR) is 263 cm³/mol. The molecule has 0 saturated carbocycles. The molecule has 0 aromatic heterocycles. The Bertz CT molecular complexity index is 1860. The maximum absolute atomic E-state index is 14.2. The summed E-state index contributed by atoms with van der Waals surface area (Å²) in [5.74, 6) is -4.87. The molecule has 4 aliphatic heterocycles. The number of rotatable bonds is 17. The number of carbonyl (C=O) groups is 5. The van der Waals surface area contributed by atoms with E-state index in [2.05, 4.69) is 0 Å². The summed E-state index contributed by atoms with van der Waals surface area (Å²) in [6.07, 6.45) is -8.67. The monoisotopic (exact) mass is 1040 g/mol. The zero-order chi connectivity index (χ0) is 54.6. The van der Waals surface area contributed by atoms with Crippen molar-refractivity contribution in [1.82, 2.24) is 4.90 Å². The number of hydrogen-bond acceptors (Lipinski definition) is 20. The van der Waals surface area contributed by atoms with Crippen LogP contribution in [0.25, 0.3) is 0 Å². The van der Waals surface area contributed by atoms with Gasteiger partial charge in [0.05, 0.1) is 43.5 Å². The number of hydrogen-bond donors (Lipinski definition) is 3. The summed E-state index contributed by atoms with van der Waals surface area (Å²) in [4.78, 5) is 67.9. The second-order valence-corrected chi connectivity index (χ2v) is 21.4. The molecule has 0 bridgehead atoms.